The van der Waals surface area contributed by atoms with E-state index in [0.717, 1.165) is 29.2 Å². The van der Waals surface area contributed by atoms with Crippen molar-refractivity contribution in [1.82, 2.24) is 0 Å². The van der Waals surface area contributed by atoms with Gasteiger partial charge in [-0.25, -0.2) is 0 Å². The summed E-state index contributed by atoms with van der Waals surface area (Å²) in [6.45, 7) is 0. The molecule has 1 amide bonds. The summed E-state index contributed by atoms with van der Waals surface area (Å²) in [5.74, 6) is 1.72. The van der Waals surface area contributed by atoms with Crippen molar-refractivity contribution < 1.29 is 9.53 Å². The fraction of sp³-hybridized carbons (Fsp3) is 0.278. The van der Waals surface area contributed by atoms with Crippen molar-refractivity contribution in [1.29, 1.82) is 0 Å². The number of thioether (sulfide) groups is 1. The molecule has 0 aliphatic heterocycles. The van der Waals surface area contributed by atoms with Crippen molar-refractivity contribution in [3.05, 3.63) is 59.7 Å². The highest BCUT2D eigenvalue weighted by Crippen LogP contribution is 2.25. The van der Waals surface area contributed by atoms with Crippen molar-refractivity contribution in [3.8, 4) is 5.75 Å². The maximum Gasteiger partial charge on any atom is 0.225 e. The fourth-order valence-electron chi connectivity index (χ4n) is 2.23. The minimum atomic E-state index is 0.0465. The zero-order chi connectivity index (χ0) is 15.8. The van der Waals surface area contributed by atoms with Crippen molar-refractivity contribution in [2.75, 3.05) is 24.4 Å². The van der Waals surface area contributed by atoms with E-state index in [1.165, 1.54) is 5.56 Å². The molecule has 0 saturated heterocycles. The van der Waals surface area contributed by atoms with Gasteiger partial charge < -0.3 is 10.1 Å². The summed E-state index contributed by atoms with van der Waals surface area (Å²) in [7, 11) is 1.67. The normalized spacial score (nSPS) is 10.3. The van der Waals surface area contributed by atoms with Crippen LogP contribution in [0.2, 0.25) is 0 Å². The Kier molecular flexibility index (Phi) is 6.34. The molecule has 1 N–H and O–H groups in total. The number of nitrogens with one attached hydrogen (secondary N) is 1. The predicted molar refractivity (Wildman–Crippen MR) is 93.9 cm³/mol. The third kappa shape index (κ3) is 4.81. The molecule has 2 aromatic rings. The van der Waals surface area contributed by atoms with Gasteiger partial charge in [-0.2, -0.15) is 11.8 Å². The van der Waals surface area contributed by atoms with E-state index >= 15 is 0 Å². The summed E-state index contributed by atoms with van der Waals surface area (Å²) < 4.78 is 5.43. The molecule has 2 rings (SSSR count). The van der Waals surface area contributed by atoms with Gasteiger partial charge in [-0.15, -0.1) is 0 Å². The number of hydrogen-bond donors (Lipinski definition) is 1. The molecule has 0 aliphatic carbocycles. The average Bonchev–Trinajstić information content (AvgIpc) is 2.54. The van der Waals surface area contributed by atoms with Crippen LogP contribution < -0.4 is 10.1 Å². The van der Waals surface area contributed by atoms with Gasteiger partial charge in [-0.05, 0) is 30.0 Å². The fourth-order valence-corrected chi connectivity index (χ4v) is 2.62. The Morgan fingerprint density at radius 1 is 1.18 bits per heavy atom. The number of hydrogen-bond acceptors (Lipinski definition) is 3. The topological polar surface area (TPSA) is 38.3 Å². The molecule has 0 aliphatic rings. The lowest BCUT2D eigenvalue weighted by atomic mass is 10.0. The van der Waals surface area contributed by atoms with Gasteiger partial charge in [-0.3, -0.25) is 4.79 Å². The van der Waals surface area contributed by atoms with E-state index in [9.17, 15) is 4.79 Å². The second-order valence-corrected chi connectivity index (χ2v) is 5.97. The number of amides is 1. The van der Waals surface area contributed by atoms with Gasteiger partial charge in [0.2, 0.25) is 5.91 Å². The van der Waals surface area contributed by atoms with Gasteiger partial charge in [0.1, 0.15) is 5.75 Å². The minimum absolute atomic E-state index is 0.0465. The molecule has 0 fully saturated rings. The van der Waals surface area contributed by atoms with E-state index in [1.807, 2.05) is 42.7 Å². The number of rotatable bonds is 7. The first kappa shape index (κ1) is 16.4. The molecule has 0 unspecified atom stereocenters. The molecule has 0 radical (unpaired) electrons. The van der Waals surface area contributed by atoms with Crippen LogP contribution >= 0.6 is 11.8 Å². The van der Waals surface area contributed by atoms with Crippen LogP contribution in [0.15, 0.2) is 48.5 Å². The monoisotopic (exact) mass is 315 g/mol. The lowest BCUT2D eigenvalue weighted by molar-refractivity contribution is -0.115. The summed E-state index contributed by atoms with van der Waals surface area (Å²) in [5.41, 5.74) is 3.10. The van der Waals surface area contributed by atoms with Crippen LogP contribution in [0.25, 0.3) is 0 Å². The largest absolute Gasteiger partial charge is 0.496 e. The van der Waals surface area contributed by atoms with Crippen molar-refractivity contribution >= 4 is 23.4 Å². The summed E-state index contributed by atoms with van der Waals surface area (Å²) >= 11 is 1.67. The van der Waals surface area contributed by atoms with Crippen LogP contribution in [0.1, 0.15) is 17.5 Å². The van der Waals surface area contributed by atoms with Gasteiger partial charge >= 0.3 is 0 Å². The van der Waals surface area contributed by atoms with Gasteiger partial charge in [0, 0.05) is 29.8 Å². The summed E-state index contributed by atoms with van der Waals surface area (Å²) in [6, 6.07) is 16.0. The quantitative estimate of drug-likeness (QED) is 0.840. The van der Waals surface area contributed by atoms with Crippen molar-refractivity contribution in [2.45, 2.75) is 12.8 Å². The molecular formula is C18H21NO2S. The van der Waals surface area contributed by atoms with E-state index < -0.39 is 0 Å². The lowest BCUT2D eigenvalue weighted by Crippen LogP contribution is -2.12. The van der Waals surface area contributed by atoms with Crippen LogP contribution in [0.5, 0.6) is 5.75 Å². The maximum absolute atomic E-state index is 11.8. The highest BCUT2D eigenvalue weighted by Gasteiger charge is 2.08. The summed E-state index contributed by atoms with van der Waals surface area (Å²) in [6.07, 6.45) is 3.30. The molecule has 0 saturated carbocycles. The molecule has 0 bridgehead atoms. The Morgan fingerprint density at radius 2 is 1.95 bits per heavy atom. The summed E-state index contributed by atoms with van der Waals surface area (Å²) in [4.78, 5) is 11.8. The molecule has 2 aromatic carbocycles. The Balaban J connectivity index is 2.14. The van der Waals surface area contributed by atoms with Gasteiger partial charge in [-0.1, -0.05) is 30.3 Å². The van der Waals surface area contributed by atoms with E-state index in [-0.39, 0.29) is 5.91 Å². The van der Waals surface area contributed by atoms with Gasteiger partial charge in [0.15, 0.2) is 0 Å². The van der Waals surface area contributed by atoms with Crippen LogP contribution in [-0.4, -0.2) is 25.0 Å². The smallest absolute Gasteiger partial charge is 0.225 e. The van der Waals surface area contributed by atoms with E-state index in [1.54, 1.807) is 18.9 Å². The predicted octanol–water partition coefficient (Wildman–Crippen LogP) is 3.98. The van der Waals surface area contributed by atoms with Crippen LogP contribution in [0.4, 0.5) is 5.69 Å². The zero-order valence-corrected chi connectivity index (χ0v) is 13.8. The minimum Gasteiger partial charge on any atom is -0.496 e. The lowest BCUT2D eigenvalue weighted by Gasteiger charge is -2.12. The Labute approximate surface area is 136 Å². The molecule has 116 valence electrons. The number of carbonyl (C=O) groups excluding carboxylic acids is 1. The second kappa shape index (κ2) is 8.49. The van der Waals surface area contributed by atoms with Crippen molar-refractivity contribution in [3.63, 3.8) is 0 Å². The molecule has 0 spiro atoms. The highest BCUT2D eigenvalue weighted by atomic mass is 32.2. The Bertz CT molecular complexity index is 614. The number of anilines is 1. The van der Waals surface area contributed by atoms with E-state index in [2.05, 4.69) is 17.4 Å². The highest BCUT2D eigenvalue weighted by molar-refractivity contribution is 7.98. The molecule has 0 heterocycles. The molecule has 22 heavy (non-hydrogen) atoms. The van der Waals surface area contributed by atoms with Crippen LogP contribution in [0, 0.1) is 0 Å². The molecule has 0 aromatic heterocycles. The third-order valence-corrected chi connectivity index (χ3v) is 3.95. The molecule has 0 atom stereocenters. The summed E-state index contributed by atoms with van der Waals surface area (Å²) in [5, 5.41) is 2.95. The number of methoxy groups -OCH3 is 1. The van der Waals surface area contributed by atoms with Crippen LogP contribution in [-0.2, 0) is 11.2 Å². The Morgan fingerprint density at radius 3 is 2.64 bits per heavy atom. The SMILES string of the molecule is COc1ccc(NC(=O)CCSC)cc1Cc1ccccc1. The van der Waals surface area contributed by atoms with Crippen LogP contribution in [0.3, 0.4) is 0 Å². The standard InChI is InChI=1S/C18H21NO2S/c1-21-17-9-8-16(19-18(20)10-11-22-2)13-15(17)12-14-6-4-3-5-7-14/h3-9,13H,10-12H2,1-2H3,(H,19,20). The molecule has 4 heteroatoms. The first-order chi connectivity index (χ1) is 10.7. The molecular weight excluding hydrogens is 294 g/mol. The Hall–Kier alpha value is -1.94. The van der Waals surface area contributed by atoms with E-state index in [4.69, 9.17) is 4.74 Å². The second-order valence-electron chi connectivity index (χ2n) is 4.98. The van der Waals surface area contributed by atoms with E-state index in [0.29, 0.717) is 6.42 Å². The average molecular weight is 315 g/mol. The number of carbonyl (C=O) groups is 1. The first-order valence-electron chi connectivity index (χ1n) is 7.22. The first-order valence-corrected chi connectivity index (χ1v) is 8.62. The molecule has 3 nitrogen and oxygen atoms in total. The van der Waals surface area contributed by atoms with Gasteiger partial charge in [0.25, 0.3) is 0 Å². The van der Waals surface area contributed by atoms with Crippen molar-refractivity contribution in [2.24, 2.45) is 0 Å². The number of ether oxygens (including phenoxy) is 1. The third-order valence-electron chi connectivity index (χ3n) is 3.33. The number of benzene rings is 2. The van der Waals surface area contributed by atoms with Gasteiger partial charge in [0.05, 0.1) is 7.11 Å². The zero-order valence-electron chi connectivity index (χ0n) is 13.0. The maximum atomic E-state index is 11.8.